The van der Waals surface area contributed by atoms with Crippen molar-refractivity contribution in [3.63, 3.8) is 0 Å². The number of piperidine rings is 1. The number of hydrogen-bond acceptors (Lipinski definition) is 8. The molecule has 0 bridgehead atoms. The number of aromatic nitrogens is 3. The number of sulfonamides is 1. The molecular weight excluding hydrogens is 548 g/mol. The number of pyridine rings is 1. The van der Waals surface area contributed by atoms with Crippen molar-refractivity contribution in [1.29, 1.82) is 0 Å². The van der Waals surface area contributed by atoms with Gasteiger partial charge < -0.3 is 15.4 Å². The Morgan fingerprint density at radius 3 is 2.65 bits per heavy atom. The number of nitrogens with zero attached hydrogens (tertiary/aromatic N) is 4. The zero-order valence-electron chi connectivity index (χ0n) is 22.2. The molecule has 1 atom stereocenters. The molecule has 0 amide bonds. The van der Waals surface area contributed by atoms with E-state index >= 15 is 0 Å². The molecule has 1 saturated carbocycles. The predicted molar refractivity (Wildman–Crippen MR) is 158 cm³/mol. The van der Waals surface area contributed by atoms with Gasteiger partial charge in [-0.3, -0.25) is 0 Å². The highest BCUT2D eigenvalue weighted by molar-refractivity contribution is 7.94. The first-order chi connectivity index (χ1) is 19.4. The molecule has 3 heterocycles. The smallest absolute Gasteiger partial charge is 0.251 e. The quantitative estimate of drug-likeness (QED) is 0.253. The van der Waals surface area contributed by atoms with Gasteiger partial charge in [-0.2, -0.15) is 3.82 Å². The van der Waals surface area contributed by atoms with Crippen molar-refractivity contribution >= 4 is 44.2 Å². The highest BCUT2D eigenvalue weighted by atomic mass is 35.5. The van der Waals surface area contributed by atoms with Crippen LogP contribution < -0.4 is 19.2 Å². The summed E-state index contributed by atoms with van der Waals surface area (Å²) in [6.07, 6.45) is 7.72. The number of nitrogens with one attached hydrogen (secondary N) is 2. The molecule has 1 saturated heterocycles. The highest BCUT2D eigenvalue weighted by Gasteiger charge is 2.36. The summed E-state index contributed by atoms with van der Waals surface area (Å²) in [7, 11) is -3.66. The Hall–Kier alpha value is -3.47. The molecule has 6 rings (SSSR count). The molecular formula is C29H31ClN6O3S. The van der Waals surface area contributed by atoms with Crippen LogP contribution in [0.5, 0.6) is 11.6 Å². The van der Waals surface area contributed by atoms with Gasteiger partial charge >= 0.3 is 0 Å². The van der Waals surface area contributed by atoms with Gasteiger partial charge in [0.2, 0.25) is 11.8 Å². The number of hydrogen-bond donors (Lipinski definition) is 2. The van der Waals surface area contributed by atoms with Crippen LogP contribution in [0.15, 0.2) is 60.9 Å². The zero-order chi connectivity index (χ0) is 27.7. The summed E-state index contributed by atoms with van der Waals surface area (Å²) in [6.45, 7) is 3.85. The molecule has 1 aliphatic heterocycles. The first-order valence-electron chi connectivity index (χ1n) is 13.6. The van der Waals surface area contributed by atoms with Crippen molar-refractivity contribution in [2.24, 2.45) is 0 Å². The lowest BCUT2D eigenvalue weighted by Gasteiger charge is -2.29. The minimum absolute atomic E-state index is 0.274. The van der Waals surface area contributed by atoms with E-state index < -0.39 is 15.3 Å². The summed E-state index contributed by atoms with van der Waals surface area (Å²) >= 11 is 6.49. The van der Waals surface area contributed by atoms with Crippen molar-refractivity contribution in [2.45, 2.75) is 50.3 Å². The fraction of sp³-hybridized carbons (Fsp3) is 0.345. The first kappa shape index (κ1) is 26.7. The van der Waals surface area contributed by atoms with E-state index in [1.807, 2.05) is 43.3 Å². The number of ether oxygens (including phenoxy) is 1. The van der Waals surface area contributed by atoms with E-state index in [2.05, 4.69) is 20.6 Å². The Kier molecular flexibility index (Phi) is 7.48. The van der Waals surface area contributed by atoms with E-state index in [1.165, 1.54) is 0 Å². The van der Waals surface area contributed by atoms with Gasteiger partial charge in [-0.05, 0) is 69.0 Å². The summed E-state index contributed by atoms with van der Waals surface area (Å²) in [5, 5.41) is 7.79. The molecule has 0 spiro atoms. The highest BCUT2D eigenvalue weighted by Crippen LogP contribution is 2.41. The van der Waals surface area contributed by atoms with Gasteiger partial charge in [0.25, 0.3) is 10.0 Å². The Labute approximate surface area is 239 Å². The Morgan fingerprint density at radius 2 is 1.88 bits per heavy atom. The van der Waals surface area contributed by atoms with Crippen LogP contribution in [-0.4, -0.2) is 47.8 Å². The maximum Gasteiger partial charge on any atom is 0.251 e. The van der Waals surface area contributed by atoms with E-state index in [4.69, 9.17) is 21.5 Å². The standard InChI is InChI=1S/C29H31ClN6O3S/c1-19-12-13-22-23(9-3-11-26(22)36(30)40(37,38)21-7-2-8-21)27(19)39-28-24(10-5-16-32-28)25-14-17-33-29(35-25)34-20-6-4-15-31-18-20/h3,5,9-14,16-17,20-21,31H,2,4,6-8,15,18H2,1H3,(H,33,34,35)/t20-/m0/s1. The normalized spacial score (nSPS) is 17.8. The van der Waals surface area contributed by atoms with Crippen LogP contribution in [-0.2, 0) is 10.0 Å². The number of halogens is 1. The zero-order valence-corrected chi connectivity index (χ0v) is 23.8. The van der Waals surface area contributed by atoms with Gasteiger partial charge in [-0.15, -0.1) is 0 Å². The number of benzene rings is 2. The van der Waals surface area contributed by atoms with E-state index in [0.29, 0.717) is 52.8 Å². The van der Waals surface area contributed by atoms with Crippen LogP contribution >= 0.6 is 11.8 Å². The van der Waals surface area contributed by atoms with Crippen molar-refractivity contribution < 1.29 is 13.2 Å². The third-order valence-electron chi connectivity index (χ3n) is 7.60. The lowest BCUT2D eigenvalue weighted by Crippen LogP contribution is -2.38. The maximum absolute atomic E-state index is 13.1. The molecule has 2 aliphatic rings. The molecule has 0 radical (unpaired) electrons. The monoisotopic (exact) mass is 578 g/mol. The molecule has 2 aromatic heterocycles. The molecule has 2 aromatic carbocycles. The summed E-state index contributed by atoms with van der Waals surface area (Å²) in [6, 6.07) is 15.0. The summed E-state index contributed by atoms with van der Waals surface area (Å²) in [5.41, 5.74) is 2.68. The second kappa shape index (κ2) is 11.2. The first-order valence-corrected chi connectivity index (χ1v) is 15.4. The van der Waals surface area contributed by atoms with Crippen molar-refractivity contribution in [3.8, 4) is 22.9 Å². The average Bonchev–Trinajstić information content (AvgIpc) is 2.93. The molecule has 1 aliphatic carbocycles. The topological polar surface area (TPSA) is 109 Å². The largest absolute Gasteiger partial charge is 0.437 e. The van der Waals surface area contributed by atoms with E-state index in [1.54, 1.807) is 24.5 Å². The fourth-order valence-corrected chi connectivity index (χ4v) is 7.26. The molecule has 40 heavy (non-hydrogen) atoms. The number of fused-ring (bicyclic) bond motifs is 1. The van der Waals surface area contributed by atoms with Gasteiger partial charge in [0, 0.05) is 47.5 Å². The van der Waals surface area contributed by atoms with Crippen LogP contribution in [0.1, 0.15) is 37.7 Å². The minimum Gasteiger partial charge on any atom is -0.437 e. The van der Waals surface area contributed by atoms with Crippen LogP contribution in [0.4, 0.5) is 11.6 Å². The Balaban J connectivity index is 1.35. The predicted octanol–water partition coefficient (Wildman–Crippen LogP) is 5.80. The molecule has 208 valence electrons. The van der Waals surface area contributed by atoms with Crippen molar-refractivity contribution in [1.82, 2.24) is 20.3 Å². The third kappa shape index (κ3) is 5.18. The lowest BCUT2D eigenvalue weighted by molar-refractivity contribution is 0.466. The summed E-state index contributed by atoms with van der Waals surface area (Å²) in [5.74, 6) is 1.52. The average molecular weight is 579 g/mol. The minimum atomic E-state index is -3.66. The van der Waals surface area contributed by atoms with Crippen LogP contribution in [0.25, 0.3) is 22.0 Å². The third-order valence-corrected chi connectivity index (χ3v) is 10.3. The maximum atomic E-state index is 13.1. The SMILES string of the molecule is Cc1ccc2c(N(Cl)S(=O)(=O)C3CCC3)cccc2c1Oc1ncccc1-c1ccnc(N[C@H]2CCCNC2)n1. The van der Waals surface area contributed by atoms with Crippen molar-refractivity contribution in [2.75, 3.05) is 22.2 Å². The van der Waals surface area contributed by atoms with Gasteiger partial charge in [0.05, 0.1) is 22.2 Å². The second-order valence-corrected chi connectivity index (χ2v) is 12.9. The van der Waals surface area contributed by atoms with Gasteiger partial charge in [0.1, 0.15) is 5.75 Å². The summed E-state index contributed by atoms with van der Waals surface area (Å²) in [4.78, 5) is 13.7. The number of aryl methyl sites for hydroxylation is 1. The molecule has 2 fully saturated rings. The van der Waals surface area contributed by atoms with Gasteiger partial charge in [-0.25, -0.2) is 23.4 Å². The molecule has 11 heteroatoms. The number of anilines is 2. The van der Waals surface area contributed by atoms with Crippen LogP contribution in [0, 0.1) is 6.92 Å². The van der Waals surface area contributed by atoms with E-state index in [-0.39, 0.29) is 6.04 Å². The van der Waals surface area contributed by atoms with Crippen LogP contribution in [0.2, 0.25) is 0 Å². The Morgan fingerprint density at radius 1 is 1.00 bits per heavy atom. The molecule has 9 nitrogen and oxygen atoms in total. The molecule has 4 aromatic rings. The fourth-order valence-electron chi connectivity index (χ4n) is 5.15. The Bertz CT molecular complexity index is 1640. The molecule has 0 unspecified atom stereocenters. The second-order valence-electron chi connectivity index (χ2n) is 10.3. The lowest BCUT2D eigenvalue weighted by atomic mass is 10.0. The summed E-state index contributed by atoms with van der Waals surface area (Å²) < 4.78 is 33.6. The number of rotatable bonds is 8. The van der Waals surface area contributed by atoms with Crippen molar-refractivity contribution in [3.05, 3.63) is 66.5 Å². The van der Waals surface area contributed by atoms with Gasteiger partial charge in [-0.1, -0.05) is 30.7 Å². The van der Waals surface area contributed by atoms with E-state index in [9.17, 15) is 8.42 Å². The van der Waals surface area contributed by atoms with Crippen LogP contribution in [0.3, 0.4) is 0 Å². The van der Waals surface area contributed by atoms with E-state index in [0.717, 1.165) is 47.1 Å². The molecule has 2 N–H and O–H groups in total. The van der Waals surface area contributed by atoms with Gasteiger partial charge in [0.15, 0.2) is 0 Å².